The van der Waals surface area contributed by atoms with E-state index in [0.717, 1.165) is 24.6 Å². The highest BCUT2D eigenvalue weighted by Crippen LogP contribution is 2.40. The van der Waals surface area contributed by atoms with Gasteiger partial charge in [-0.05, 0) is 38.7 Å². The number of ether oxygens (including phenoxy) is 2. The summed E-state index contributed by atoms with van der Waals surface area (Å²) in [6, 6.07) is 7.24. The van der Waals surface area contributed by atoms with Crippen molar-refractivity contribution in [1.29, 1.82) is 0 Å². The second kappa shape index (κ2) is 7.78. The molecule has 2 atom stereocenters. The smallest absolute Gasteiger partial charge is 0.374 e. The minimum Gasteiger partial charge on any atom is -0.460 e. The molecule has 0 radical (unpaired) electrons. The molecule has 1 heterocycles. The van der Waals surface area contributed by atoms with Crippen LogP contribution in [0.3, 0.4) is 0 Å². The largest absolute Gasteiger partial charge is 0.460 e. The molecule has 0 spiro atoms. The lowest BCUT2D eigenvalue weighted by molar-refractivity contribution is -0.154. The minimum absolute atomic E-state index is 0.00472. The highest BCUT2D eigenvalue weighted by molar-refractivity contribution is 5.96. The second-order valence-electron chi connectivity index (χ2n) is 7.63. The van der Waals surface area contributed by atoms with E-state index < -0.39 is 5.97 Å². The van der Waals surface area contributed by atoms with Crippen molar-refractivity contribution in [2.75, 3.05) is 6.61 Å². The van der Waals surface area contributed by atoms with Gasteiger partial charge >= 0.3 is 11.9 Å². The highest BCUT2D eigenvalue weighted by atomic mass is 16.5. The fourth-order valence-corrected chi connectivity index (χ4v) is 4.54. The lowest BCUT2D eigenvalue weighted by Crippen LogP contribution is -2.39. The van der Waals surface area contributed by atoms with Crippen molar-refractivity contribution in [2.24, 2.45) is 17.8 Å². The van der Waals surface area contributed by atoms with Crippen LogP contribution in [0.25, 0.3) is 11.0 Å². The van der Waals surface area contributed by atoms with E-state index in [1.54, 1.807) is 13.0 Å². The summed E-state index contributed by atoms with van der Waals surface area (Å²) in [5, 5.41) is 0.731. The van der Waals surface area contributed by atoms with Gasteiger partial charge in [0.05, 0.1) is 18.1 Å². The Labute approximate surface area is 163 Å². The Morgan fingerprint density at radius 1 is 1.11 bits per heavy atom. The summed E-state index contributed by atoms with van der Waals surface area (Å²) in [5.41, 5.74) is 1.07. The zero-order valence-corrected chi connectivity index (χ0v) is 15.9. The van der Waals surface area contributed by atoms with Crippen molar-refractivity contribution in [1.82, 2.24) is 0 Å². The van der Waals surface area contributed by atoms with E-state index >= 15 is 0 Å². The van der Waals surface area contributed by atoms with E-state index in [1.165, 1.54) is 0 Å². The van der Waals surface area contributed by atoms with Crippen molar-refractivity contribution in [3.63, 3.8) is 0 Å². The molecule has 4 rings (SSSR count). The maximum Gasteiger partial charge on any atom is 0.374 e. The van der Waals surface area contributed by atoms with Crippen LogP contribution in [-0.2, 0) is 25.7 Å². The van der Waals surface area contributed by atoms with Gasteiger partial charge in [0.2, 0.25) is 5.76 Å². The van der Waals surface area contributed by atoms with Crippen LogP contribution in [-0.4, -0.2) is 24.3 Å². The summed E-state index contributed by atoms with van der Waals surface area (Å²) >= 11 is 0. The lowest BCUT2D eigenvalue weighted by Gasteiger charge is -2.36. The normalized spacial score (nSPS) is 24.2. The Hall–Kier alpha value is -2.63. The minimum atomic E-state index is -0.567. The molecule has 2 aliphatic rings. The third-order valence-electron chi connectivity index (χ3n) is 5.90. The first kappa shape index (κ1) is 18.7. The van der Waals surface area contributed by atoms with Gasteiger partial charge in [-0.3, -0.25) is 9.59 Å². The number of hydrogen-bond donors (Lipinski definition) is 0. The van der Waals surface area contributed by atoms with Gasteiger partial charge in [-0.2, -0.15) is 0 Å². The molecule has 0 saturated heterocycles. The molecule has 6 heteroatoms. The Kier molecular flexibility index (Phi) is 5.20. The Morgan fingerprint density at radius 2 is 1.82 bits per heavy atom. The number of furan rings is 1. The van der Waals surface area contributed by atoms with Crippen molar-refractivity contribution in [2.45, 2.75) is 45.6 Å². The van der Waals surface area contributed by atoms with Gasteiger partial charge in [-0.15, -0.1) is 0 Å². The quantitative estimate of drug-likeness (QED) is 0.723. The van der Waals surface area contributed by atoms with Crippen LogP contribution < -0.4 is 0 Å². The van der Waals surface area contributed by atoms with Gasteiger partial charge in [0.1, 0.15) is 18.0 Å². The summed E-state index contributed by atoms with van der Waals surface area (Å²) < 4.78 is 16.3. The maximum atomic E-state index is 12.7. The third-order valence-corrected chi connectivity index (χ3v) is 5.90. The van der Waals surface area contributed by atoms with Crippen LogP contribution in [0.2, 0.25) is 0 Å². The van der Waals surface area contributed by atoms with Gasteiger partial charge in [0.15, 0.2) is 0 Å². The van der Waals surface area contributed by atoms with E-state index in [0.29, 0.717) is 29.8 Å². The number of carbonyl (C=O) groups excluding carboxylic acids is 3. The van der Waals surface area contributed by atoms with Gasteiger partial charge in [-0.25, -0.2) is 4.79 Å². The Morgan fingerprint density at radius 3 is 2.54 bits per heavy atom. The number of esters is 2. The third kappa shape index (κ3) is 3.43. The van der Waals surface area contributed by atoms with Crippen molar-refractivity contribution < 1.29 is 28.3 Å². The first-order chi connectivity index (χ1) is 13.6. The Bertz CT molecular complexity index is 895. The van der Waals surface area contributed by atoms with Crippen molar-refractivity contribution in [3.8, 4) is 0 Å². The SMILES string of the molecule is CCOC(=O)c1oc2ccccc2c1COC(=O)C1C[C@H]2CCC[C@H](C1)C2=O. The molecule has 2 fully saturated rings. The van der Waals surface area contributed by atoms with E-state index in [-0.39, 0.29) is 42.7 Å². The lowest BCUT2D eigenvalue weighted by atomic mass is 9.67. The standard InChI is InChI=1S/C22H24O6/c1-2-26-22(25)20-17(16-8-3-4-9-18(16)28-20)12-27-21(24)15-10-13-6-5-7-14(11-15)19(13)23/h3-4,8-9,13-15H,2,5-7,10-12H2,1H3/t13-,14-/m1/s1. The molecule has 2 saturated carbocycles. The number of rotatable bonds is 5. The molecule has 0 amide bonds. The summed E-state index contributed by atoms with van der Waals surface area (Å²) in [6.45, 7) is 1.90. The average molecular weight is 384 g/mol. The van der Waals surface area contributed by atoms with E-state index in [9.17, 15) is 14.4 Å². The monoisotopic (exact) mass is 384 g/mol. The Balaban J connectivity index is 1.50. The molecule has 2 aliphatic carbocycles. The number of ketones is 1. The topological polar surface area (TPSA) is 82.8 Å². The maximum absolute atomic E-state index is 12.7. The number of benzene rings is 1. The molecular formula is C22H24O6. The molecule has 1 aromatic heterocycles. The van der Waals surface area contributed by atoms with E-state index in [2.05, 4.69) is 0 Å². The molecule has 1 aromatic carbocycles. The van der Waals surface area contributed by atoms with E-state index in [4.69, 9.17) is 13.9 Å². The molecule has 2 bridgehead atoms. The number of hydrogen-bond acceptors (Lipinski definition) is 6. The van der Waals surface area contributed by atoms with Crippen LogP contribution in [0.15, 0.2) is 28.7 Å². The molecule has 148 valence electrons. The number of carbonyl (C=O) groups is 3. The molecular weight excluding hydrogens is 360 g/mol. The van der Waals surface area contributed by atoms with Gasteiger partial charge in [-0.1, -0.05) is 24.6 Å². The zero-order chi connectivity index (χ0) is 19.7. The summed E-state index contributed by atoms with van der Waals surface area (Å²) in [7, 11) is 0. The second-order valence-corrected chi connectivity index (χ2v) is 7.63. The van der Waals surface area contributed by atoms with Crippen LogP contribution in [0.5, 0.6) is 0 Å². The van der Waals surface area contributed by atoms with Gasteiger partial charge in [0, 0.05) is 17.2 Å². The molecule has 0 unspecified atom stereocenters. The van der Waals surface area contributed by atoms with Crippen LogP contribution >= 0.6 is 0 Å². The first-order valence-corrected chi connectivity index (χ1v) is 9.96. The van der Waals surface area contributed by atoms with Crippen LogP contribution in [0, 0.1) is 17.8 Å². The molecule has 6 nitrogen and oxygen atoms in total. The summed E-state index contributed by atoms with van der Waals surface area (Å²) in [5.74, 6) is -0.735. The van der Waals surface area contributed by atoms with Gasteiger partial charge < -0.3 is 13.9 Å². The number of Topliss-reactive ketones (excluding diaryl/α,β-unsaturated/α-hetero) is 1. The predicted molar refractivity (Wildman–Crippen MR) is 101 cm³/mol. The fraction of sp³-hybridized carbons (Fsp3) is 0.500. The molecule has 0 aliphatic heterocycles. The zero-order valence-electron chi connectivity index (χ0n) is 15.9. The highest BCUT2D eigenvalue weighted by Gasteiger charge is 2.42. The van der Waals surface area contributed by atoms with Crippen LogP contribution in [0.4, 0.5) is 0 Å². The number of para-hydroxylation sites is 1. The molecule has 2 aromatic rings. The van der Waals surface area contributed by atoms with Crippen molar-refractivity contribution in [3.05, 3.63) is 35.6 Å². The fourth-order valence-electron chi connectivity index (χ4n) is 4.54. The number of fused-ring (bicyclic) bond motifs is 3. The summed E-state index contributed by atoms with van der Waals surface area (Å²) in [6.07, 6.45) is 3.96. The molecule has 0 N–H and O–H groups in total. The van der Waals surface area contributed by atoms with Gasteiger partial charge in [0.25, 0.3) is 0 Å². The van der Waals surface area contributed by atoms with Crippen molar-refractivity contribution >= 4 is 28.7 Å². The summed E-state index contributed by atoms with van der Waals surface area (Å²) in [4.78, 5) is 37.2. The van der Waals surface area contributed by atoms with Crippen LogP contribution in [0.1, 0.15) is 55.1 Å². The molecule has 28 heavy (non-hydrogen) atoms. The first-order valence-electron chi connectivity index (χ1n) is 9.96. The average Bonchev–Trinajstić information content (AvgIpc) is 3.05. The predicted octanol–water partition coefficient (Wildman–Crippen LogP) is 4.05. The van der Waals surface area contributed by atoms with E-state index in [1.807, 2.05) is 18.2 Å².